The largest absolute Gasteiger partial charge is 0.339 e. The fourth-order valence-corrected chi connectivity index (χ4v) is 3.12. The Morgan fingerprint density at radius 1 is 1.27 bits per heavy atom. The molecule has 8 heteroatoms. The Hall–Kier alpha value is -2.84. The number of benzene rings is 1. The van der Waals surface area contributed by atoms with Gasteiger partial charge < -0.3 is 5.32 Å². The zero-order chi connectivity index (χ0) is 21.5. The number of pyridine rings is 1. The molecule has 1 saturated heterocycles. The summed E-state index contributed by atoms with van der Waals surface area (Å²) >= 11 is 0. The van der Waals surface area contributed by atoms with Gasteiger partial charge in [0.25, 0.3) is 5.91 Å². The number of aromatic nitrogens is 1. The van der Waals surface area contributed by atoms with E-state index < -0.39 is 0 Å². The van der Waals surface area contributed by atoms with Crippen LogP contribution in [-0.4, -0.2) is 29.6 Å². The Balaban J connectivity index is 1.66. The maximum Gasteiger partial charge on any atom is 0.258 e. The molecular weight excluding hydrogens is 383 g/mol. The number of hydrogen-bond acceptors (Lipinski definition) is 5. The number of carbonyl (C=O) groups is 1. The Bertz CT molecular complexity index is 883. The number of aryl methyl sites for hydroxylation is 1. The number of hydrogen-bond donors (Lipinski definition) is 4. The van der Waals surface area contributed by atoms with Crippen LogP contribution in [0.5, 0.6) is 0 Å². The summed E-state index contributed by atoms with van der Waals surface area (Å²) in [6.45, 7) is 6.72. The van der Waals surface area contributed by atoms with Crippen molar-refractivity contribution >= 4 is 11.9 Å². The molecule has 1 aromatic carbocycles. The molecule has 1 aliphatic rings. The average molecular weight is 413 g/mol. The smallest absolute Gasteiger partial charge is 0.258 e. The van der Waals surface area contributed by atoms with Crippen molar-refractivity contribution in [2.75, 3.05) is 6.54 Å². The van der Waals surface area contributed by atoms with Crippen LogP contribution in [0.15, 0.2) is 47.6 Å². The summed E-state index contributed by atoms with van der Waals surface area (Å²) < 4.78 is 13.2. The first-order valence-electron chi connectivity index (χ1n) is 10.3. The van der Waals surface area contributed by atoms with Crippen molar-refractivity contribution in [2.45, 2.75) is 45.8 Å². The van der Waals surface area contributed by atoms with E-state index in [-0.39, 0.29) is 23.9 Å². The number of amides is 1. The van der Waals surface area contributed by atoms with Crippen molar-refractivity contribution in [3.8, 4) is 0 Å². The van der Waals surface area contributed by atoms with E-state index >= 15 is 0 Å². The second-order valence-corrected chi connectivity index (χ2v) is 7.75. The zero-order valence-electron chi connectivity index (χ0n) is 17.6. The topological polar surface area (TPSA) is 90.4 Å². The van der Waals surface area contributed by atoms with Crippen LogP contribution in [0, 0.1) is 11.7 Å². The lowest BCUT2D eigenvalue weighted by Crippen LogP contribution is -2.50. The van der Waals surface area contributed by atoms with Gasteiger partial charge in [0.05, 0.1) is 6.17 Å². The molecular formula is C22H29FN6O. The summed E-state index contributed by atoms with van der Waals surface area (Å²) in [7, 11) is 0. The van der Waals surface area contributed by atoms with E-state index in [0.717, 1.165) is 17.7 Å². The molecule has 0 aliphatic carbocycles. The Labute approximate surface area is 176 Å². The molecule has 2 atom stereocenters. The molecule has 2 unspecified atom stereocenters. The number of nitrogens with zero attached hydrogens (tertiary/aromatic N) is 2. The lowest BCUT2D eigenvalue weighted by atomic mass is 10.0. The maximum absolute atomic E-state index is 13.2. The molecule has 0 saturated carbocycles. The van der Waals surface area contributed by atoms with Gasteiger partial charge in [-0.2, -0.15) is 0 Å². The van der Waals surface area contributed by atoms with E-state index in [4.69, 9.17) is 0 Å². The number of carbonyl (C=O) groups excluding carboxylic acids is 1. The van der Waals surface area contributed by atoms with Gasteiger partial charge in [0.1, 0.15) is 5.82 Å². The van der Waals surface area contributed by atoms with Crippen LogP contribution in [0.1, 0.15) is 54.8 Å². The summed E-state index contributed by atoms with van der Waals surface area (Å²) in [6.07, 6.45) is 2.96. The van der Waals surface area contributed by atoms with Crippen molar-refractivity contribution in [2.24, 2.45) is 10.9 Å². The third-order valence-corrected chi connectivity index (χ3v) is 4.77. The second kappa shape index (κ2) is 10.3. The first-order chi connectivity index (χ1) is 14.4. The van der Waals surface area contributed by atoms with E-state index in [1.54, 1.807) is 30.5 Å². The predicted molar refractivity (Wildman–Crippen MR) is 115 cm³/mol. The molecule has 160 valence electrons. The molecule has 1 aliphatic heterocycles. The first kappa shape index (κ1) is 21.9. The minimum atomic E-state index is -0.257. The molecule has 3 rings (SSSR count). The van der Waals surface area contributed by atoms with Crippen molar-refractivity contribution in [3.05, 3.63) is 65.2 Å². The quantitative estimate of drug-likeness (QED) is 0.433. The van der Waals surface area contributed by atoms with Crippen LogP contribution in [0.3, 0.4) is 0 Å². The highest BCUT2D eigenvalue weighted by Crippen LogP contribution is 2.21. The molecule has 1 amide bonds. The number of rotatable bonds is 6. The Morgan fingerprint density at radius 3 is 2.73 bits per heavy atom. The van der Waals surface area contributed by atoms with Crippen LogP contribution in [0.2, 0.25) is 0 Å². The fraction of sp³-hybridized carbons (Fsp3) is 0.409. The van der Waals surface area contributed by atoms with Gasteiger partial charge >= 0.3 is 0 Å². The minimum absolute atomic E-state index is 0.0254. The predicted octanol–water partition coefficient (Wildman–Crippen LogP) is 2.68. The van der Waals surface area contributed by atoms with E-state index in [0.29, 0.717) is 30.4 Å². The Morgan fingerprint density at radius 2 is 2.03 bits per heavy atom. The molecule has 30 heavy (non-hydrogen) atoms. The van der Waals surface area contributed by atoms with Crippen molar-refractivity contribution in [3.63, 3.8) is 0 Å². The van der Waals surface area contributed by atoms with Gasteiger partial charge in [-0.3, -0.25) is 20.1 Å². The van der Waals surface area contributed by atoms with Gasteiger partial charge in [-0.05, 0) is 42.2 Å². The van der Waals surface area contributed by atoms with Crippen molar-refractivity contribution in [1.82, 2.24) is 26.5 Å². The van der Waals surface area contributed by atoms with Crippen LogP contribution >= 0.6 is 0 Å². The molecule has 1 fully saturated rings. The van der Waals surface area contributed by atoms with Crippen LogP contribution in [-0.2, 0) is 6.42 Å². The van der Waals surface area contributed by atoms with Crippen molar-refractivity contribution < 1.29 is 9.18 Å². The lowest BCUT2D eigenvalue weighted by Gasteiger charge is -2.17. The second-order valence-electron chi connectivity index (χ2n) is 7.75. The summed E-state index contributed by atoms with van der Waals surface area (Å²) in [5.74, 6) is 0.284. The first-order valence-corrected chi connectivity index (χ1v) is 10.3. The maximum atomic E-state index is 13.2. The molecule has 1 aromatic heterocycles. The monoisotopic (exact) mass is 412 g/mol. The highest BCUT2D eigenvalue weighted by molar-refractivity contribution is 6.05. The molecule has 4 N–H and O–H groups in total. The summed E-state index contributed by atoms with van der Waals surface area (Å²) in [5.41, 5.74) is 8.77. The molecule has 7 nitrogen and oxygen atoms in total. The molecule has 2 aromatic rings. The van der Waals surface area contributed by atoms with Gasteiger partial charge in [-0.25, -0.2) is 15.2 Å². The number of nitrogens with one attached hydrogen (secondary N) is 4. The van der Waals surface area contributed by atoms with Gasteiger partial charge in [0.15, 0.2) is 5.96 Å². The van der Waals surface area contributed by atoms with E-state index in [2.05, 4.69) is 45.3 Å². The minimum Gasteiger partial charge on any atom is -0.339 e. The van der Waals surface area contributed by atoms with Gasteiger partial charge in [0, 0.05) is 36.5 Å². The fourth-order valence-electron chi connectivity index (χ4n) is 3.12. The van der Waals surface area contributed by atoms with Crippen molar-refractivity contribution in [1.29, 1.82) is 0 Å². The number of aliphatic imine (C=N–C) groups is 1. The molecule has 2 heterocycles. The number of halogens is 1. The normalized spacial score (nSPS) is 19.2. The van der Waals surface area contributed by atoms with E-state index in [9.17, 15) is 9.18 Å². The molecule has 0 spiro atoms. The third kappa shape index (κ3) is 6.08. The highest BCUT2D eigenvalue weighted by atomic mass is 19.1. The average Bonchev–Trinajstić information content (AvgIpc) is 3.21. The molecule has 0 bridgehead atoms. The van der Waals surface area contributed by atoms with E-state index in [1.807, 2.05) is 6.92 Å². The zero-order valence-corrected chi connectivity index (χ0v) is 17.6. The summed E-state index contributed by atoms with van der Waals surface area (Å²) in [6, 6.07) is 9.93. The van der Waals surface area contributed by atoms with Gasteiger partial charge in [-0.1, -0.05) is 32.9 Å². The van der Waals surface area contributed by atoms with Crippen LogP contribution in [0.25, 0.3) is 0 Å². The molecule has 0 radical (unpaired) electrons. The van der Waals surface area contributed by atoms with Gasteiger partial charge in [0.2, 0.25) is 0 Å². The van der Waals surface area contributed by atoms with Gasteiger partial charge in [-0.15, -0.1) is 0 Å². The number of hydrazine groups is 1. The van der Waals surface area contributed by atoms with E-state index in [1.165, 1.54) is 12.1 Å². The standard InChI is InChI=1S/C22H29FN6O/c1-4-18-11-16(9-10-24-18)21(30)27-22(25-13-14(2)3)26-20-12-19(28-29-20)15-5-7-17(23)8-6-15/h5-11,14,19-20,28-29H,4,12-13H2,1-3H3,(H2,25,26,27,30). The number of guanidine groups is 1. The van der Waals surface area contributed by atoms with Crippen LogP contribution < -0.4 is 21.5 Å². The Kier molecular flexibility index (Phi) is 7.48. The van der Waals surface area contributed by atoms with Crippen LogP contribution in [0.4, 0.5) is 4.39 Å². The lowest BCUT2D eigenvalue weighted by molar-refractivity contribution is 0.0975. The SMILES string of the molecule is CCc1cc(C(=O)NC(=NCC(C)C)NC2CC(c3ccc(F)cc3)NN2)ccn1. The summed E-state index contributed by atoms with van der Waals surface area (Å²) in [5, 5.41) is 6.15. The third-order valence-electron chi connectivity index (χ3n) is 4.77. The highest BCUT2D eigenvalue weighted by Gasteiger charge is 2.26. The summed E-state index contributed by atoms with van der Waals surface area (Å²) in [4.78, 5) is 21.5.